The molecule has 0 spiro atoms. The fourth-order valence-electron chi connectivity index (χ4n) is 3.12. The van der Waals surface area contributed by atoms with Crippen LogP contribution in [-0.4, -0.2) is 43.2 Å². The van der Waals surface area contributed by atoms with Gasteiger partial charge in [-0.15, -0.1) is 11.3 Å². The largest absolute Gasteiger partial charge is 0.336 e. The van der Waals surface area contributed by atoms with Gasteiger partial charge in [-0.05, 0) is 30.0 Å². The van der Waals surface area contributed by atoms with E-state index in [9.17, 15) is 4.79 Å². The smallest absolute Gasteiger partial charge is 0.264 e. The molecule has 6 nitrogen and oxygen atoms in total. The van der Waals surface area contributed by atoms with Crippen molar-refractivity contribution < 1.29 is 4.79 Å². The number of imidazole rings is 1. The van der Waals surface area contributed by atoms with Crippen molar-refractivity contribution in [2.45, 2.75) is 26.4 Å². The van der Waals surface area contributed by atoms with Gasteiger partial charge in [0, 0.05) is 38.4 Å². The van der Waals surface area contributed by atoms with E-state index in [1.54, 1.807) is 6.20 Å². The molecule has 4 heterocycles. The summed E-state index contributed by atoms with van der Waals surface area (Å²) in [7, 11) is 0. The lowest BCUT2D eigenvalue weighted by molar-refractivity contribution is 0.0763. The van der Waals surface area contributed by atoms with Crippen molar-refractivity contribution in [3.63, 3.8) is 0 Å². The number of carbonyl (C=O) groups excluding carboxylic acids is 1. The van der Waals surface area contributed by atoms with Gasteiger partial charge in [0.25, 0.3) is 5.91 Å². The highest BCUT2D eigenvalue weighted by atomic mass is 32.1. The topological polar surface area (TPSA) is 56.0 Å². The van der Waals surface area contributed by atoms with Crippen molar-refractivity contribution in [3.05, 3.63) is 58.1 Å². The minimum atomic E-state index is 0.141. The van der Waals surface area contributed by atoms with E-state index in [4.69, 9.17) is 0 Å². The molecule has 0 saturated heterocycles. The van der Waals surface area contributed by atoms with Gasteiger partial charge in [0.2, 0.25) is 0 Å². The summed E-state index contributed by atoms with van der Waals surface area (Å²) in [6.07, 6.45) is 6.45. The molecule has 0 saturated carbocycles. The van der Waals surface area contributed by atoms with Crippen LogP contribution < -0.4 is 0 Å². The molecule has 124 valence electrons. The molecule has 1 aliphatic rings. The molecule has 0 bridgehead atoms. The van der Waals surface area contributed by atoms with Gasteiger partial charge in [-0.25, -0.2) is 4.98 Å². The van der Waals surface area contributed by atoms with Crippen molar-refractivity contribution in [3.8, 4) is 0 Å². The minimum Gasteiger partial charge on any atom is -0.336 e. The first-order valence-electron chi connectivity index (χ1n) is 8.06. The normalized spacial score (nSPS) is 14.5. The Kier molecular flexibility index (Phi) is 3.93. The molecule has 0 atom stereocenters. The molecular formula is C17H19N5OS. The molecule has 3 aromatic rings. The van der Waals surface area contributed by atoms with Gasteiger partial charge in [0.15, 0.2) is 0 Å². The van der Waals surface area contributed by atoms with E-state index in [2.05, 4.69) is 14.6 Å². The van der Waals surface area contributed by atoms with E-state index in [0.717, 1.165) is 34.9 Å². The summed E-state index contributed by atoms with van der Waals surface area (Å²) in [6.45, 7) is 4.91. The van der Waals surface area contributed by atoms with Gasteiger partial charge in [-0.3, -0.25) is 9.48 Å². The average molecular weight is 341 g/mol. The van der Waals surface area contributed by atoms with E-state index >= 15 is 0 Å². The molecular weight excluding hydrogens is 322 g/mol. The molecule has 0 unspecified atom stereocenters. The van der Waals surface area contributed by atoms with E-state index < -0.39 is 0 Å². The number of hydrogen-bond donors (Lipinski definition) is 0. The standard InChI is InChI=1S/C17H19N5OS/c1-13-4-10-24-16(13)17(23)20-7-3-15-18-11-14(22(15)9-8-20)12-21-6-2-5-19-21/h2,4-6,10-11H,3,7-9,12H2,1H3. The van der Waals surface area contributed by atoms with Crippen LogP contribution in [0, 0.1) is 6.92 Å². The number of nitrogens with zero attached hydrogens (tertiary/aromatic N) is 5. The molecule has 3 aromatic heterocycles. The number of hydrogen-bond acceptors (Lipinski definition) is 4. The maximum Gasteiger partial charge on any atom is 0.264 e. The first kappa shape index (κ1) is 15.1. The predicted molar refractivity (Wildman–Crippen MR) is 92.2 cm³/mol. The summed E-state index contributed by atoms with van der Waals surface area (Å²) >= 11 is 1.52. The Labute approximate surface area is 144 Å². The Morgan fingerprint density at radius 2 is 2.25 bits per heavy atom. The zero-order valence-corrected chi connectivity index (χ0v) is 14.4. The highest BCUT2D eigenvalue weighted by Gasteiger charge is 2.23. The van der Waals surface area contributed by atoms with Gasteiger partial charge in [0.05, 0.1) is 23.3 Å². The lowest BCUT2D eigenvalue weighted by Gasteiger charge is -2.20. The van der Waals surface area contributed by atoms with Crippen LogP contribution in [0.3, 0.4) is 0 Å². The number of aromatic nitrogens is 4. The van der Waals surface area contributed by atoms with Gasteiger partial charge in [-0.2, -0.15) is 5.10 Å². The van der Waals surface area contributed by atoms with E-state index in [-0.39, 0.29) is 5.91 Å². The lowest BCUT2D eigenvalue weighted by Crippen LogP contribution is -2.33. The first-order chi connectivity index (χ1) is 11.7. The highest BCUT2D eigenvalue weighted by Crippen LogP contribution is 2.20. The fraction of sp³-hybridized carbons (Fsp3) is 0.353. The highest BCUT2D eigenvalue weighted by molar-refractivity contribution is 7.12. The third kappa shape index (κ3) is 2.75. The zero-order valence-electron chi connectivity index (χ0n) is 13.6. The van der Waals surface area contributed by atoms with Crippen LogP contribution in [-0.2, 0) is 19.5 Å². The van der Waals surface area contributed by atoms with E-state index in [0.29, 0.717) is 19.6 Å². The predicted octanol–water partition coefficient (Wildman–Crippen LogP) is 2.20. The first-order valence-corrected chi connectivity index (χ1v) is 8.94. The second-order valence-corrected chi connectivity index (χ2v) is 6.91. The number of fused-ring (bicyclic) bond motifs is 1. The van der Waals surface area contributed by atoms with Crippen molar-refractivity contribution in [1.29, 1.82) is 0 Å². The van der Waals surface area contributed by atoms with Crippen LogP contribution in [0.4, 0.5) is 0 Å². The Balaban J connectivity index is 1.51. The minimum absolute atomic E-state index is 0.141. The van der Waals surface area contributed by atoms with Gasteiger partial charge < -0.3 is 9.47 Å². The maximum absolute atomic E-state index is 12.7. The van der Waals surface area contributed by atoms with Gasteiger partial charge in [-0.1, -0.05) is 0 Å². The second kappa shape index (κ2) is 6.24. The van der Waals surface area contributed by atoms with Crippen molar-refractivity contribution >= 4 is 17.2 Å². The van der Waals surface area contributed by atoms with Crippen LogP contribution >= 0.6 is 11.3 Å². The summed E-state index contributed by atoms with van der Waals surface area (Å²) < 4.78 is 4.13. The average Bonchev–Trinajstić information content (AvgIpc) is 3.28. The van der Waals surface area contributed by atoms with Crippen LogP contribution in [0.1, 0.15) is 26.8 Å². The number of aryl methyl sites for hydroxylation is 1. The summed E-state index contributed by atoms with van der Waals surface area (Å²) in [5, 5.41) is 6.24. The third-order valence-corrected chi connectivity index (χ3v) is 5.45. The summed E-state index contributed by atoms with van der Waals surface area (Å²) in [4.78, 5) is 20.1. The number of carbonyl (C=O) groups is 1. The van der Waals surface area contributed by atoms with Crippen LogP contribution in [0.25, 0.3) is 0 Å². The lowest BCUT2D eigenvalue weighted by atomic mass is 10.2. The Bertz CT molecular complexity index is 848. The molecule has 7 heteroatoms. The van der Waals surface area contributed by atoms with Crippen LogP contribution in [0.5, 0.6) is 0 Å². The zero-order chi connectivity index (χ0) is 16.5. The molecule has 1 aliphatic heterocycles. The molecule has 0 radical (unpaired) electrons. The monoisotopic (exact) mass is 341 g/mol. The molecule has 24 heavy (non-hydrogen) atoms. The number of amides is 1. The van der Waals surface area contributed by atoms with Crippen LogP contribution in [0.15, 0.2) is 36.1 Å². The number of thiophene rings is 1. The van der Waals surface area contributed by atoms with Crippen molar-refractivity contribution in [2.24, 2.45) is 0 Å². The summed E-state index contributed by atoms with van der Waals surface area (Å²) in [5.74, 6) is 1.19. The summed E-state index contributed by atoms with van der Waals surface area (Å²) in [5.41, 5.74) is 2.20. The fourth-order valence-corrected chi connectivity index (χ4v) is 4.01. The quantitative estimate of drug-likeness (QED) is 0.734. The van der Waals surface area contributed by atoms with E-state index in [1.165, 1.54) is 11.3 Å². The second-order valence-electron chi connectivity index (χ2n) is 6.00. The molecule has 4 rings (SSSR count). The Hall–Kier alpha value is -2.41. The Morgan fingerprint density at radius 3 is 3.00 bits per heavy atom. The molecule has 0 aromatic carbocycles. The van der Waals surface area contributed by atoms with Gasteiger partial charge >= 0.3 is 0 Å². The van der Waals surface area contributed by atoms with Crippen LogP contribution in [0.2, 0.25) is 0 Å². The Morgan fingerprint density at radius 1 is 1.33 bits per heavy atom. The van der Waals surface area contributed by atoms with Crippen molar-refractivity contribution in [1.82, 2.24) is 24.2 Å². The van der Waals surface area contributed by atoms with Gasteiger partial charge in [0.1, 0.15) is 5.82 Å². The number of rotatable bonds is 3. The molecule has 0 fully saturated rings. The maximum atomic E-state index is 12.7. The van der Waals surface area contributed by atoms with Crippen molar-refractivity contribution in [2.75, 3.05) is 13.1 Å². The summed E-state index contributed by atoms with van der Waals surface area (Å²) in [6, 6.07) is 3.92. The molecule has 0 N–H and O–H groups in total. The van der Waals surface area contributed by atoms with E-state index in [1.807, 2.05) is 46.4 Å². The molecule has 0 aliphatic carbocycles. The SMILES string of the molecule is Cc1ccsc1C(=O)N1CCc2ncc(Cn3cccn3)n2CC1. The third-order valence-electron chi connectivity index (χ3n) is 4.45. The molecule has 1 amide bonds.